The van der Waals surface area contributed by atoms with Crippen LogP contribution in [0.25, 0.3) is 11.3 Å². The summed E-state index contributed by atoms with van der Waals surface area (Å²) in [5.41, 5.74) is 3.07. The number of aromatic nitrogens is 1. The molecule has 3 heterocycles. The molecule has 1 aromatic heterocycles. The largest absolute Gasteiger partial charge is 0.486 e. The highest BCUT2D eigenvalue weighted by atomic mass is 19.1. The molecule has 1 amide bonds. The van der Waals surface area contributed by atoms with Gasteiger partial charge in [0.05, 0.1) is 11.3 Å². The Labute approximate surface area is 113 Å². The third kappa shape index (κ3) is 1.46. The molecule has 2 aliphatic heterocycles. The molecule has 1 aromatic carbocycles. The van der Waals surface area contributed by atoms with Gasteiger partial charge in [-0.05, 0) is 30.3 Å². The molecule has 4 nitrogen and oxygen atoms in total. The Bertz CT molecular complexity index is 783. The summed E-state index contributed by atoms with van der Waals surface area (Å²) in [6.07, 6.45) is 1.68. The SMILES string of the molecule is O=C1Nc2ccc(F)cc2/C1=C1/OCc2ncccc21. The first-order valence-corrected chi connectivity index (χ1v) is 6.16. The lowest BCUT2D eigenvalue weighted by Gasteiger charge is -2.04. The van der Waals surface area contributed by atoms with E-state index in [0.717, 1.165) is 11.3 Å². The third-order valence-electron chi connectivity index (χ3n) is 3.44. The van der Waals surface area contributed by atoms with Crippen molar-refractivity contribution in [2.75, 3.05) is 5.32 Å². The van der Waals surface area contributed by atoms with E-state index in [1.165, 1.54) is 12.1 Å². The van der Waals surface area contributed by atoms with Crippen molar-refractivity contribution < 1.29 is 13.9 Å². The van der Waals surface area contributed by atoms with Crippen LogP contribution in [0.15, 0.2) is 36.5 Å². The normalized spacial score (nSPS) is 19.4. The first-order chi connectivity index (χ1) is 9.74. The van der Waals surface area contributed by atoms with Gasteiger partial charge in [0.15, 0.2) is 0 Å². The van der Waals surface area contributed by atoms with Gasteiger partial charge in [-0.25, -0.2) is 4.39 Å². The molecule has 2 aliphatic rings. The Hall–Kier alpha value is -2.69. The van der Waals surface area contributed by atoms with Gasteiger partial charge in [0.2, 0.25) is 0 Å². The number of nitrogens with zero attached hydrogens (tertiary/aromatic N) is 1. The lowest BCUT2D eigenvalue weighted by atomic mass is 10.0. The number of halogens is 1. The third-order valence-corrected chi connectivity index (χ3v) is 3.44. The first-order valence-electron chi connectivity index (χ1n) is 6.16. The lowest BCUT2D eigenvalue weighted by Crippen LogP contribution is -2.05. The van der Waals surface area contributed by atoms with Crippen molar-refractivity contribution in [3.8, 4) is 0 Å². The number of carbonyl (C=O) groups is 1. The van der Waals surface area contributed by atoms with Crippen LogP contribution in [0.4, 0.5) is 10.1 Å². The molecular weight excluding hydrogens is 259 g/mol. The van der Waals surface area contributed by atoms with Crippen LogP contribution in [0, 0.1) is 5.82 Å². The Morgan fingerprint density at radius 2 is 2.15 bits per heavy atom. The van der Waals surface area contributed by atoms with E-state index in [1.54, 1.807) is 18.3 Å². The van der Waals surface area contributed by atoms with Gasteiger partial charge in [-0.15, -0.1) is 0 Å². The second-order valence-electron chi connectivity index (χ2n) is 4.63. The van der Waals surface area contributed by atoms with Crippen molar-refractivity contribution in [2.24, 2.45) is 0 Å². The fraction of sp³-hybridized carbons (Fsp3) is 0.0667. The summed E-state index contributed by atoms with van der Waals surface area (Å²) in [5, 5.41) is 2.72. The van der Waals surface area contributed by atoms with Gasteiger partial charge in [-0.2, -0.15) is 0 Å². The van der Waals surface area contributed by atoms with E-state index in [4.69, 9.17) is 4.74 Å². The van der Waals surface area contributed by atoms with E-state index in [2.05, 4.69) is 10.3 Å². The summed E-state index contributed by atoms with van der Waals surface area (Å²) in [4.78, 5) is 16.4. The maximum absolute atomic E-state index is 13.4. The lowest BCUT2D eigenvalue weighted by molar-refractivity contribution is -0.110. The molecular formula is C15H9FN2O2. The zero-order chi connectivity index (χ0) is 13.7. The highest BCUT2D eigenvalue weighted by Gasteiger charge is 2.32. The van der Waals surface area contributed by atoms with E-state index in [0.29, 0.717) is 29.2 Å². The van der Waals surface area contributed by atoms with Crippen molar-refractivity contribution in [3.63, 3.8) is 0 Å². The van der Waals surface area contributed by atoms with Gasteiger partial charge in [0, 0.05) is 23.0 Å². The standard InChI is InChI=1S/C15H9FN2O2/c16-8-3-4-11-10(6-8)13(15(19)18-11)14-9-2-1-5-17-12(9)7-20-14/h1-6H,7H2,(H,18,19)/b14-13-. The van der Waals surface area contributed by atoms with Crippen LogP contribution in [0.3, 0.4) is 0 Å². The molecule has 20 heavy (non-hydrogen) atoms. The van der Waals surface area contributed by atoms with Crippen LogP contribution < -0.4 is 5.32 Å². The zero-order valence-electron chi connectivity index (χ0n) is 10.3. The molecule has 0 unspecified atom stereocenters. The number of nitrogens with one attached hydrogen (secondary N) is 1. The predicted molar refractivity (Wildman–Crippen MR) is 70.9 cm³/mol. The number of benzene rings is 1. The number of pyridine rings is 1. The molecule has 0 saturated heterocycles. The zero-order valence-corrected chi connectivity index (χ0v) is 10.3. The molecule has 5 heteroatoms. The Balaban J connectivity index is 1.98. The fourth-order valence-corrected chi connectivity index (χ4v) is 2.55. The number of fused-ring (bicyclic) bond motifs is 2. The van der Waals surface area contributed by atoms with Gasteiger partial charge in [-0.3, -0.25) is 9.78 Å². The molecule has 0 radical (unpaired) electrons. The first kappa shape index (κ1) is 11.2. The average molecular weight is 268 g/mol. The van der Waals surface area contributed by atoms with Crippen molar-refractivity contribution in [1.29, 1.82) is 0 Å². The minimum atomic E-state index is -0.386. The smallest absolute Gasteiger partial charge is 0.260 e. The number of hydrogen-bond donors (Lipinski definition) is 1. The second-order valence-corrected chi connectivity index (χ2v) is 4.63. The Morgan fingerprint density at radius 3 is 3.05 bits per heavy atom. The van der Waals surface area contributed by atoms with Crippen LogP contribution in [0.5, 0.6) is 0 Å². The summed E-state index contributed by atoms with van der Waals surface area (Å²) in [6.45, 7) is 0.326. The summed E-state index contributed by atoms with van der Waals surface area (Å²) in [7, 11) is 0. The molecule has 0 bridgehead atoms. The van der Waals surface area contributed by atoms with E-state index in [-0.39, 0.29) is 11.7 Å². The van der Waals surface area contributed by atoms with Crippen LogP contribution >= 0.6 is 0 Å². The Morgan fingerprint density at radius 1 is 1.25 bits per heavy atom. The van der Waals surface area contributed by atoms with Crippen LogP contribution in [-0.2, 0) is 16.1 Å². The van der Waals surface area contributed by atoms with Crippen LogP contribution in [0.2, 0.25) is 0 Å². The van der Waals surface area contributed by atoms with Crippen molar-refractivity contribution in [1.82, 2.24) is 4.98 Å². The quantitative estimate of drug-likeness (QED) is 0.747. The molecule has 0 fully saturated rings. The molecule has 0 saturated carbocycles. The molecule has 2 aromatic rings. The number of rotatable bonds is 0. The van der Waals surface area contributed by atoms with Crippen molar-refractivity contribution in [2.45, 2.75) is 6.61 Å². The van der Waals surface area contributed by atoms with E-state index in [9.17, 15) is 9.18 Å². The van der Waals surface area contributed by atoms with E-state index >= 15 is 0 Å². The molecule has 0 atom stereocenters. The molecule has 98 valence electrons. The number of carbonyl (C=O) groups excluding carboxylic acids is 1. The van der Waals surface area contributed by atoms with Gasteiger partial charge >= 0.3 is 0 Å². The second kappa shape index (κ2) is 3.90. The van der Waals surface area contributed by atoms with E-state index in [1.807, 2.05) is 6.07 Å². The molecule has 4 rings (SSSR count). The fourth-order valence-electron chi connectivity index (χ4n) is 2.55. The van der Waals surface area contributed by atoms with Gasteiger partial charge in [-0.1, -0.05) is 0 Å². The minimum absolute atomic E-state index is 0.280. The average Bonchev–Trinajstić information content (AvgIpc) is 2.99. The summed E-state index contributed by atoms with van der Waals surface area (Å²) < 4.78 is 19.0. The maximum atomic E-state index is 13.4. The minimum Gasteiger partial charge on any atom is -0.486 e. The van der Waals surface area contributed by atoms with E-state index < -0.39 is 0 Å². The molecule has 1 N–H and O–H groups in total. The van der Waals surface area contributed by atoms with Crippen molar-refractivity contribution >= 4 is 22.9 Å². The van der Waals surface area contributed by atoms with Crippen LogP contribution in [0.1, 0.15) is 16.8 Å². The highest BCUT2D eigenvalue weighted by Crippen LogP contribution is 2.41. The summed E-state index contributed by atoms with van der Waals surface area (Å²) in [5.74, 6) is -0.199. The highest BCUT2D eigenvalue weighted by molar-refractivity contribution is 6.36. The number of amides is 1. The monoisotopic (exact) mass is 268 g/mol. The van der Waals surface area contributed by atoms with Gasteiger partial charge in [0.25, 0.3) is 5.91 Å². The Kier molecular flexibility index (Phi) is 2.18. The summed E-state index contributed by atoms with van der Waals surface area (Å²) in [6, 6.07) is 7.84. The number of ether oxygens (including phenoxy) is 1. The van der Waals surface area contributed by atoms with Gasteiger partial charge in [0.1, 0.15) is 18.2 Å². The molecule has 0 aliphatic carbocycles. The topological polar surface area (TPSA) is 51.2 Å². The molecule has 0 spiro atoms. The maximum Gasteiger partial charge on any atom is 0.260 e. The van der Waals surface area contributed by atoms with Crippen LogP contribution in [-0.4, -0.2) is 10.9 Å². The van der Waals surface area contributed by atoms with Crippen molar-refractivity contribution in [3.05, 3.63) is 59.2 Å². The van der Waals surface area contributed by atoms with Gasteiger partial charge < -0.3 is 10.1 Å². The number of anilines is 1. The summed E-state index contributed by atoms with van der Waals surface area (Å²) >= 11 is 0. The number of hydrogen-bond acceptors (Lipinski definition) is 3. The predicted octanol–water partition coefficient (Wildman–Crippen LogP) is 2.57.